The second kappa shape index (κ2) is 5.72. The molecule has 0 aromatic rings. The highest BCUT2D eigenvalue weighted by Crippen LogP contribution is 2.21. The molecular weight excluding hydrogens is 186 g/mol. The molecule has 0 bridgehead atoms. The number of rotatable bonds is 5. The van der Waals surface area contributed by atoms with E-state index in [1.165, 1.54) is 0 Å². The van der Waals surface area contributed by atoms with Crippen molar-refractivity contribution in [2.75, 3.05) is 26.4 Å². The van der Waals surface area contributed by atoms with Crippen LogP contribution in [0.1, 0.15) is 19.8 Å². The van der Waals surface area contributed by atoms with E-state index in [1.54, 1.807) is 0 Å². The quantitative estimate of drug-likeness (QED) is 0.673. The van der Waals surface area contributed by atoms with Crippen LogP contribution in [0.25, 0.3) is 0 Å². The van der Waals surface area contributed by atoms with Gasteiger partial charge < -0.3 is 19.0 Å². The maximum atomic E-state index is 5.65. The van der Waals surface area contributed by atoms with Gasteiger partial charge in [0.15, 0.2) is 0 Å². The third-order valence-corrected chi connectivity index (χ3v) is 4.97. The van der Waals surface area contributed by atoms with Crippen molar-refractivity contribution in [2.24, 2.45) is 5.73 Å². The van der Waals surface area contributed by atoms with Gasteiger partial charge in [-0.15, -0.1) is 0 Å². The van der Waals surface area contributed by atoms with E-state index in [0.29, 0.717) is 13.2 Å². The van der Waals surface area contributed by atoms with Gasteiger partial charge in [0.1, 0.15) is 0 Å². The topological polar surface area (TPSA) is 53.7 Å². The van der Waals surface area contributed by atoms with Crippen molar-refractivity contribution >= 4 is 8.80 Å². The van der Waals surface area contributed by atoms with Crippen LogP contribution in [-0.2, 0) is 13.3 Å². The minimum absolute atomic E-state index is 0.663. The molecule has 0 atom stereocenters. The Morgan fingerprint density at radius 3 is 2.62 bits per heavy atom. The SMILES string of the molecule is CCO[Si]1(CCCN)OCCCO1. The molecule has 0 aromatic carbocycles. The summed E-state index contributed by atoms with van der Waals surface area (Å²) in [6, 6.07) is 0.858. The van der Waals surface area contributed by atoms with E-state index in [-0.39, 0.29) is 0 Å². The summed E-state index contributed by atoms with van der Waals surface area (Å²) in [6.07, 6.45) is 1.90. The van der Waals surface area contributed by atoms with Gasteiger partial charge >= 0.3 is 8.80 Å². The van der Waals surface area contributed by atoms with Crippen molar-refractivity contribution in [3.8, 4) is 0 Å². The van der Waals surface area contributed by atoms with Crippen LogP contribution in [0.15, 0.2) is 0 Å². The Bertz CT molecular complexity index is 134. The van der Waals surface area contributed by atoms with Crippen molar-refractivity contribution in [3.63, 3.8) is 0 Å². The maximum Gasteiger partial charge on any atom is 0.500 e. The minimum Gasteiger partial charge on any atom is -0.374 e. The second-order valence-corrected chi connectivity index (χ2v) is 5.79. The minimum atomic E-state index is -2.28. The first-order valence-electron chi connectivity index (χ1n) is 4.95. The molecule has 0 amide bonds. The van der Waals surface area contributed by atoms with Crippen molar-refractivity contribution in [2.45, 2.75) is 25.8 Å². The van der Waals surface area contributed by atoms with E-state index < -0.39 is 8.80 Å². The molecule has 0 unspecified atom stereocenters. The standard InChI is InChI=1S/C8H19NO3Si/c1-2-10-13(8-3-5-9)11-6-4-7-12-13/h2-9H2,1H3. The summed E-state index contributed by atoms with van der Waals surface area (Å²) < 4.78 is 16.9. The van der Waals surface area contributed by atoms with Crippen LogP contribution < -0.4 is 5.73 Å². The van der Waals surface area contributed by atoms with Crippen LogP contribution in [0.3, 0.4) is 0 Å². The molecule has 0 aliphatic carbocycles. The Hall–Kier alpha value is 0.0569. The van der Waals surface area contributed by atoms with Gasteiger partial charge in [-0.2, -0.15) is 0 Å². The van der Waals surface area contributed by atoms with Crippen molar-refractivity contribution in [1.29, 1.82) is 0 Å². The Kier molecular flexibility index (Phi) is 4.90. The highest BCUT2D eigenvalue weighted by molar-refractivity contribution is 6.60. The van der Waals surface area contributed by atoms with Gasteiger partial charge in [-0.3, -0.25) is 0 Å². The zero-order chi connectivity index (χ0) is 9.57. The monoisotopic (exact) mass is 205 g/mol. The van der Waals surface area contributed by atoms with Crippen molar-refractivity contribution in [1.82, 2.24) is 0 Å². The fraction of sp³-hybridized carbons (Fsp3) is 1.00. The summed E-state index contributed by atoms with van der Waals surface area (Å²) in [5.41, 5.74) is 5.46. The summed E-state index contributed by atoms with van der Waals surface area (Å²) in [5, 5.41) is 0. The van der Waals surface area contributed by atoms with Gasteiger partial charge in [0.05, 0.1) is 0 Å². The molecule has 1 aliphatic rings. The third kappa shape index (κ3) is 3.36. The lowest BCUT2D eigenvalue weighted by atomic mass is 10.5. The largest absolute Gasteiger partial charge is 0.500 e. The van der Waals surface area contributed by atoms with E-state index >= 15 is 0 Å². The van der Waals surface area contributed by atoms with Crippen molar-refractivity contribution < 1.29 is 13.3 Å². The van der Waals surface area contributed by atoms with E-state index in [4.69, 9.17) is 19.0 Å². The van der Waals surface area contributed by atoms with Gasteiger partial charge in [-0.1, -0.05) is 0 Å². The zero-order valence-electron chi connectivity index (χ0n) is 8.25. The maximum absolute atomic E-state index is 5.65. The summed E-state index contributed by atoms with van der Waals surface area (Å²) in [6.45, 7) is 4.86. The molecule has 78 valence electrons. The van der Waals surface area contributed by atoms with Gasteiger partial charge in [-0.25, -0.2) is 0 Å². The second-order valence-electron chi connectivity index (χ2n) is 3.06. The van der Waals surface area contributed by atoms with Crippen LogP contribution >= 0.6 is 0 Å². The molecule has 1 fully saturated rings. The molecule has 0 aromatic heterocycles. The third-order valence-electron chi connectivity index (χ3n) is 1.98. The summed E-state index contributed by atoms with van der Waals surface area (Å²) in [5.74, 6) is 0. The lowest BCUT2D eigenvalue weighted by Gasteiger charge is -2.32. The van der Waals surface area contributed by atoms with Crippen LogP contribution in [0.4, 0.5) is 0 Å². The average Bonchev–Trinajstić information content (AvgIpc) is 2.17. The lowest BCUT2D eigenvalue weighted by molar-refractivity contribution is 0.0246. The Labute approximate surface area is 80.7 Å². The fourth-order valence-electron chi connectivity index (χ4n) is 1.39. The predicted octanol–water partition coefficient (Wildman–Crippen LogP) is 0.747. The molecule has 1 saturated heterocycles. The fourth-order valence-corrected chi connectivity index (χ4v) is 4.06. The summed E-state index contributed by atoms with van der Waals surface area (Å²) in [7, 11) is -2.28. The predicted molar refractivity (Wildman–Crippen MR) is 52.4 cm³/mol. The van der Waals surface area contributed by atoms with E-state index in [2.05, 4.69) is 0 Å². The van der Waals surface area contributed by atoms with Gasteiger partial charge in [-0.05, 0) is 26.3 Å². The molecule has 5 heteroatoms. The summed E-state index contributed by atoms with van der Waals surface area (Å²) in [4.78, 5) is 0. The smallest absolute Gasteiger partial charge is 0.374 e. The molecule has 0 saturated carbocycles. The molecule has 13 heavy (non-hydrogen) atoms. The lowest BCUT2D eigenvalue weighted by Crippen LogP contribution is -2.49. The van der Waals surface area contributed by atoms with E-state index in [1.807, 2.05) is 6.92 Å². The van der Waals surface area contributed by atoms with Crippen LogP contribution in [0, 0.1) is 0 Å². The Balaban J connectivity index is 2.40. The number of hydrogen-bond donors (Lipinski definition) is 1. The van der Waals surface area contributed by atoms with Gasteiger partial charge in [0.2, 0.25) is 0 Å². The molecule has 2 N–H and O–H groups in total. The van der Waals surface area contributed by atoms with Gasteiger partial charge in [0.25, 0.3) is 0 Å². The average molecular weight is 205 g/mol. The highest BCUT2D eigenvalue weighted by Gasteiger charge is 2.41. The number of nitrogens with two attached hydrogens (primary N) is 1. The van der Waals surface area contributed by atoms with Crippen LogP contribution in [-0.4, -0.2) is 35.2 Å². The normalized spacial score (nSPS) is 21.7. The molecule has 0 radical (unpaired) electrons. The molecule has 0 spiro atoms. The first-order chi connectivity index (χ1) is 6.33. The first-order valence-corrected chi connectivity index (χ1v) is 6.88. The van der Waals surface area contributed by atoms with Gasteiger partial charge in [0, 0.05) is 25.9 Å². The highest BCUT2D eigenvalue weighted by atomic mass is 28.4. The number of hydrogen-bond acceptors (Lipinski definition) is 4. The molecule has 1 rings (SSSR count). The summed E-state index contributed by atoms with van der Waals surface area (Å²) >= 11 is 0. The van der Waals surface area contributed by atoms with Crippen LogP contribution in [0.5, 0.6) is 0 Å². The molecule has 1 aliphatic heterocycles. The first kappa shape index (κ1) is 11.1. The Morgan fingerprint density at radius 2 is 2.08 bits per heavy atom. The van der Waals surface area contributed by atoms with E-state index in [0.717, 1.165) is 32.1 Å². The zero-order valence-corrected chi connectivity index (χ0v) is 9.25. The van der Waals surface area contributed by atoms with Crippen molar-refractivity contribution in [3.05, 3.63) is 0 Å². The van der Waals surface area contributed by atoms with Crippen LogP contribution in [0.2, 0.25) is 6.04 Å². The Morgan fingerprint density at radius 1 is 1.38 bits per heavy atom. The van der Waals surface area contributed by atoms with E-state index in [9.17, 15) is 0 Å². The molecule has 1 heterocycles. The molecular formula is C8H19NO3Si. The molecule has 4 nitrogen and oxygen atoms in total.